The Morgan fingerprint density at radius 1 is 1.57 bits per heavy atom. The number of hydrogen-bond acceptors (Lipinski definition) is 2. The minimum atomic E-state index is 0.238. The number of rotatable bonds is 0. The number of hydrogen-bond donors (Lipinski definition) is 0. The summed E-state index contributed by atoms with van der Waals surface area (Å²) in [6.45, 7) is 0.841. The molecule has 3 nitrogen and oxygen atoms in total. The van der Waals surface area contributed by atoms with Crippen molar-refractivity contribution in [2.75, 3.05) is 13.6 Å². The maximum absolute atomic E-state index is 11.7. The number of likely N-dealkylation sites (tertiary alicyclic amines) is 1. The molecule has 1 aliphatic carbocycles. The van der Waals surface area contributed by atoms with Crippen LogP contribution < -0.4 is 0 Å². The van der Waals surface area contributed by atoms with Crippen molar-refractivity contribution in [3.05, 3.63) is 11.6 Å². The van der Waals surface area contributed by atoms with Gasteiger partial charge in [0.2, 0.25) is 5.91 Å². The van der Waals surface area contributed by atoms with E-state index in [1.165, 1.54) is 12.0 Å². The molecule has 1 saturated heterocycles. The number of amidine groups is 1. The van der Waals surface area contributed by atoms with Crippen molar-refractivity contribution >= 4 is 11.7 Å². The van der Waals surface area contributed by atoms with Crippen molar-refractivity contribution in [3.8, 4) is 0 Å². The Hall–Kier alpha value is -1.12. The van der Waals surface area contributed by atoms with E-state index in [0.717, 1.165) is 25.2 Å². The Kier molecular flexibility index (Phi) is 1.58. The van der Waals surface area contributed by atoms with Gasteiger partial charge in [-0.1, -0.05) is 6.08 Å². The lowest BCUT2D eigenvalue weighted by Crippen LogP contribution is -2.34. The monoisotopic (exact) mass is 190 g/mol. The molecule has 0 aromatic rings. The largest absolute Gasteiger partial charge is 0.300 e. The van der Waals surface area contributed by atoms with E-state index >= 15 is 0 Å². The van der Waals surface area contributed by atoms with Crippen molar-refractivity contribution in [3.63, 3.8) is 0 Å². The van der Waals surface area contributed by atoms with E-state index in [4.69, 9.17) is 0 Å². The predicted octanol–water partition coefficient (Wildman–Crippen LogP) is 1.21. The molecule has 0 radical (unpaired) electrons. The molecule has 0 N–H and O–H groups in total. The van der Waals surface area contributed by atoms with Crippen molar-refractivity contribution < 1.29 is 4.79 Å². The lowest BCUT2D eigenvalue weighted by Gasteiger charge is -2.21. The van der Waals surface area contributed by atoms with Crippen LogP contribution in [0.4, 0.5) is 0 Å². The Bertz CT molecular complexity index is 356. The number of fused-ring (bicyclic) bond motifs is 3. The summed E-state index contributed by atoms with van der Waals surface area (Å²) in [7, 11) is 1.85. The number of dihydropyridines is 1. The maximum atomic E-state index is 11.7. The van der Waals surface area contributed by atoms with E-state index in [1.54, 1.807) is 4.90 Å². The summed E-state index contributed by atoms with van der Waals surface area (Å²) < 4.78 is 0. The second-order valence-electron chi connectivity index (χ2n) is 4.41. The number of carbonyl (C=O) groups excluding carboxylic acids is 1. The molecule has 2 fully saturated rings. The van der Waals surface area contributed by atoms with Crippen LogP contribution >= 0.6 is 0 Å². The van der Waals surface area contributed by atoms with Gasteiger partial charge in [0.15, 0.2) is 0 Å². The number of nitrogens with zero attached hydrogens (tertiary/aromatic N) is 2. The van der Waals surface area contributed by atoms with E-state index in [1.807, 2.05) is 7.05 Å². The third kappa shape index (κ3) is 1.04. The highest BCUT2D eigenvalue weighted by Crippen LogP contribution is 2.49. The SMILES string of the molecule is CN1C(=O)C[C@@H]2C[C@@H]2C2=CCCN=C21. The highest BCUT2D eigenvalue weighted by atomic mass is 16.2. The van der Waals surface area contributed by atoms with Crippen molar-refractivity contribution in [1.29, 1.82) is 0 Å². The second-order valence-corrected chi connectivity index (χ2v) is 4.41. The molecule has 14 heavy (non-hydrogen) atoms. The highest BCUT2D eigenvalue weighted by Gasteiger charge is 2.47. The standard InChI is InChI=1S/C11H14N2O/c1-13-10(14)6-7-5-9(7)8-3-2-4-12-11(8)13/h3,7,9H,2,4-6H2,1H3/t7-,9-/m0/s1. The summed E-state index contributed by atoms with van der Waals surface area (Å²) in [6.07, 6.45) is 5.24. The molecule has 3 rings (SSSR count). The van der Waals surface area contributed by atoms with Gasteiger partial charge >= 0.3 is 0 Å². The summed E-state index contributed by atoms with van der Waals surface area (Å²) in [5, 5.41) is 0. The average molecular weight is 190 g/mol. The topological polar surface area (TPSA) is 32.7 Å². The van der Waals surface area contributed by atoms with Gasteiger partial charge in [0, 0.05) is 20.0 Å². The van der Waals surface area contributed by atoms with Gasteiger partial charge in [0.05, 0.1) is 0 Å². The van der Waals surface area contributed by atoms with Gasteiger partial charge < -0.3 is 4.90 Å². The Morgan fingerprint density at radius 3 is 3.29 bits per heavy atom. The predicted molar refractivity (Wildman–Crippen MR) is 54.0 cm³/mol. The average Bonchev–Trinajstić information content (AvgIpc) is 2.95. The molecule has 1 amide bonds. The van der Waals surface area contributed by atoms with Gasteiger partial charge in [-0.15, -0.1) is 0 Å². The van der Waals surface area contributed by atoms with E-state index in [-0.39, 0.29) is 5.91 Å². The van der Waals surface area contributed by atoms with Gasteiger partial charge in [0.25, 0.3) is 0 Å². The summed E-state index contributed by atoms with van der Waals surface area (Å²) >= 11 is 0. The fourth-order valence-corrected chi connectivity index (χ4v) is 2.52. The molecule has 2 aliphatic heterocycles. The highest BCUT2D eigenvalue weighted by molar-refractivity contribution is 6.09. The van der Waals surface area contributed by atoms with E-state index in [2.05, 4.69) is 11.1 Å². The molecule has 74 valence electrons. The Labute approximate surface area is 83.5 Å². The van der Waals surface area contributed by atoms with Gasteiger partial charge in [-0.2, -0.15) is 0 Å². The van der Waals surface area contributed by atoms with Crippen LogP contribution in [0.25, 0.3) is 0 Å². The fraction of sp³-hybridized carbons (Fsp3) is 0.636. The van der Waals surface area contributed by atoms with Crippen LogP contribution in [0.1, 0.15) is 19.3 Å². The first kappa shape index (κ1) is 8.21. The number of amides is 1. The molecular formula is C11H14N2O. The first-order chi connectivity index (χ1) is 6.77. The normalized spacial score (nSPS) is 35.2. The van der Waals surface area contributed by atoms with Gasteiger partial charge in [0.1, 0.15) is 5.84 Å². The summed E-state index contributed by atoms with van der Waals surface area (Å²) in [5.74, 6) is 2.44. The lowest BCUT2D eigenvalue weighted by atomic mass is 10.1. The smallest absolute Gasteiger partial charge is 0.228 e. The van der Waals surface area contributed by atoms with Crippen LogP contribution in [0.3, 0.4) is 0 Å². The third-order valence-corrected chi connectivity index (χ3v) is 3.46. The molecule has 2 atom stereocenters. The minimum Gasteiger partial charge on any atom is -0.300 e. The second kappa shape index (κ2) is 2.69. The zero-order chi connectivity index (χ0) is 9.71. The number of likely N-dealkylation sites (N-methyl/N-ethyl adjacent to an activating group) is 1. The molecule has 3 heteroatoms. The lowest BCUT2D eigenvalue weighted by molar-refractivity contribution is -0.126. The molecule has 0 bridgehead atoms. The van der Waals surface area contributed by atoms with E-state index in [9.17, 15) is 4.79 Å². The van der Waals surface area contributed by atoms with Gasteiger partial charge in [-0.25, -0.2) is 0 Å². The maximum Gasteiger partial charge on any atom is 0.228 e. The number of aliphatic imine (C=N–C) groups is 1. The van der Waals surface area contributed by atoms with Gasteiger partial charge in [-0.3, -0.25) is 9.79 Å². The van der Waals surface area contributed by atoms with Crippen molar-refractivity contribution in [2.45, 2.75) is 19.3 Å². The zero-order valence-electron chi connectivity index (χ0n) is 8.36. The quantitative estimate of drug-likeness (QED) is 0.565. The van der Waals surface area contributed by atoms with E-state index < -0.39 is 0 Å². The summed E-state index contributed by atoms with van der Waals surface area (Å²) in [5.41, 5.74) is 1.34. The third-order valence-electron chi connectivity index (χ3n) is 3.46. The number of carbonyl (C=O) groups is 1. The first-order valence-corrected chi connectivity index (χ1v) is 5.29. The van der Waals surface area contributed by atoms with E-state index in [0.29, 0.717) is 11.8 Å². The molecule has 3 aliphatic rings. The molecule has 0 aromatic carbocycles. The molecule has 0 aromatic heterocycles. The van der Waals surface area contributed by atoms with Crippen LogP contribution in [-0.2, 0) is 4.79 Å². The molecule has 1 saturated carbocycles. The molecular weight excluding hydrogens is 176 g/mol. The summed E-state index contributed by atoms with van der Waals surface area (Å²) in [4.78, 5) is 17.9. The van der Waals surface area contributed by atoms with Crippen LogP contribution in [0, 0.1) is 11.8 Å². The molecule has 2 heterocycles. The minimum absolute atomic E-state index is 0.238. The zero-order valence-corrected chi connectivity index (χ0v) is 8.36. The van der Waals surface area contributed by atoms with Gasteiger partial charge in [-0.05, 0) is 30.3 Å². The Balaban J connectivity index is 2.03. The molecule has 0 spiro atoms. The Morgan fingerprint density at radius 2 is 2.43 bits per heavy atom. The fourth-order valence-electron chi connectivity index (χ4n) is 2.52. The van der Waals surface area contributed by atoms with Crippen LogP contribution in [0.2, 0.25) is 0 Å². The van der Waals surface area contributed by atoms with Crippen LogP contribution in [-0.4, -0.2) is 30.2 Å². The molecule has 0 unspecified atom stereocenters. The van der Waals surface area contributed by atoms with Crippen molar-refractivity contribution in [1.82, 2.24) is 4.90 Å². The summed E-state index contributed by atoms with van der Waals surface area (Å²) in [6, 6.07) is 0. The van der Waals surface area contributed by atoms with Crippen LogP contribution in [0.5, 0.6) is 0 Å². The van der Waals surface area contributed by atoms with Crippen molar-refractivity contribution in [2.24, 2.45) is 16.8 Å². The first-order valence-electron chi connectivity index (χ1n) is 5.29. The van der Waals surface area contributed by atoms with Crippen LogP contribution in [0.15, 0.2) is 16.6 Å².